The van der Waals surface area contributed by atoms with Crippen LogP contribution in [-0.2, 0) is 20.7 Å². The van der Waals surface area contributed by atoms with Gasteiger partial charge in [-0.15, -0.1) is 0 Å². The van der Waals surface area contributed by atoms with Gasteiger partial charge in [0.2, 0.25) is 0 Å². The second-order valence-corrected chi connectivity index (χ2v) is 8.63. The molecule has 1 aliphatic carbocycles. The Morgan fingerprint density at radius 3 is 2.23 bits per heavy atom. The summed E-state index contributed by atoms with van der Waals surface area (Å²) in [5, 5.41) is 2.67. The highest BCUT2D eigenvalue weighted by Crippen LogP contribution is 2.44. The minimum atomic E-state index is -0.821. The van der Waals surface area contributed by atoms with Crippen molar-refractivity contribution in [1.82, 2.24) is 5.32 Å². The molecule has 1 aliphatic rings. The summed E-state index contributed by atoms with van der Waals surface area (Å²) in [6.07, 6.45) is -0.309. The second-order valence-electron chi connectivity index (χ2n) is 7.38. The molecular weight excluding hydrogens is 505 g/mol. The van der Waals surface area contributed by atoms with Gasteiger partial charge in [0, 0.05) is 15.9 Å². The van der Waals surface area contributed by atoms with Gasteiger partial charge in [-0.1, -0.05) is 60.7 Å². The van der Waals surface area contributed by atoms with Gasteiger partial charge < -0.3 is 14.8 Å². The van der Waals surface area contributed by atoms with E-state index in [4.69, 9.17) is 9.47 Å². The van der Waals surface area contributed by atoms with Crippen LogP contribution in [0, 0.1) is 3.57 Å². The molecule has 0 spiro atoms. The van der Waals surface area contributed by atoms with Crippen LogP contribution < -0.4 is 5.32 Å². The molecular formula is C25H22INO4. The average molecular weight is 527 g/mol. The van der Waals surface area contributed by atoms with Gasteiger partial charge in [0.25, 0.3) is 0 Å². The van der Waals surface area contributed by atoms with Gasteiger partial charge in [0.15, 0.2) is 0 Å². The van der Waals surface area contributed by atoms with Crippen molar-refractivity contribution in [3.05, 3.63) is 93.1 Å². The number of fused-ring (bicyclic) bond motifs is 3. The fourth-order valence-corrected chi connectivity index (χ4v) is 4.63. The van der Waals surface area contributed by atoms with Crippen LogP contribution in [0.5, 0.6) is 0 Å². The monoisotopic (exact) mass is 527 g/mol. The molecule has 0 bridgehead atoms. The molecule has 0 aromatic heterocycles. The molecule has 5 nitrogen and oxygen atoms in total. The number of hydrogen-bond donors (Lipinski definition) is 1. The Hall–Kier alpha value is -2.87. The lowest BCUT2D eigenvalue weighted by Crippen LogP contribution is -2.43. The fraction of sp³-hybridized carbons (Fsp3) is 0.200. The molecule has 0 aliphatic heterocycles. The highest BCUT2D eigenvalue weighted by atomic mass is 127. The lowest BCUT2D eigenvalue weighted by molar-refractivity contribution is -0.143. The number of rotatable bonds is 6. The Kier molecular flexibility index (Phi) is 6.56. The third kappa shape index (κ3) is 4.74. The largest absolute Gasteiger partial charge is 0.467 e. The maximum absolute atomic E-state index is 12.6. The molecule has 4 rings (SSSR count). The van der Waals surface area contributed by atoms with E-state index in [0.29, 0.717) is 6.42 Å². The Bertz CT molecular complexity index is 1070. The van der Waals surface area contributed by atoms with Crippen LogP contribution in [0.25, 0.3) is 11.1 Å². The maximum atomic E-state index is 12.6. The summed E-state index contributed by atoms with van der Waals surface area (Å²) in [7, 11) is 1.31. The van der Waals surface area contributed by atoms with Crippen molar-refractivity contribution in [2.75, 3.05) is 13.7 Å². The van der Waals surface area contributed by atoms with Crippen molar-refractivity contribution in [2.24, 2.45) is 0 Å². The van der Waals surface area contributed by atoms with Gasteiger partial charge in [-0.25, -0.2) is 9.59 Å². The number of methoxy groups -OCH3 is 1. The Morgan fingerprint density at radius 2 is 1.61 bits per heavy atom. The van der Waals surface area contributed by atoms with Gasteiger partial charge in [-0.05, 0) is 62.5 Å². The number of esters is 1. The predicted molar refractivity (Wildman–Crippen MR) is 127 cm³/mol. The van der Waals surface area contributed by atoms with E-state index < -0.39 is 18.1 Å². The SMILES string of the molecule is COC(=O)[C@H](Cc1cccc(I)c1)NC(=O)OCC1c2ccccc2-c2ccccc21. The quantitative estimate of drug-likeness (QED) is 0.366. The molecule has 3 aromatic rings. The number of benzene rings is 3. The van der Waals surface area contributed by atoms with Crippen molar-refractivity contribution >= 4 is 34.7 Å². The number of amides is 1. The molecule has 0 saturated heterocycles. The zero-order chi connectivity index (χ0) is 21.8. The smallest absolute Gasteiger partial charge is 0.407 e. The topological polar surface area (TPSA) is 64.6 Å². The van der Waals surface area contributed by atoms with Crippen molar-refractivity contribution in [3.8, 4) is 11.1 Å². The van der Waals surface area contributed by atoms with E-state index in [1.807, 2.05) is 48.5 Å². The first-order valence-corrected chi connectivity index (χ1v) is 11.1. The Balaban J connectivity index is 1.45. The van der Waals surface area contributed by atoms with Gasteiger partial charge in [-0.3, -0.25) is 0 Å². The Morgan fingerprint density at radius 1 is 0.968 bits per heavy atom. The number of hydrogen-bond acceptors (Lipinski definition) is 4. The minimum absolute atomic E-state index is 0.0366. The summed E-state index contributed by atoms with van der Waals surface area (Å²) in [6, 6.07) is 23.3. The van der Waals surface area contributed by atoms with E-state index in [1.54, 1.807) is 0 Å². The number of ether oxygens (including phenoxy) is 2. The average Bonchev–Trinajstić information content (AvgIpc) is 3.10. The van der Waals surface area contributed by atoms with Crippen LogP contribution in [0.3, 0.4) is 0 Å². The van der Waals surface area contributed by atoms with Crippen LogP contribution in [0.1, 0.15) is 22.6 Å². The highest BCUT2D eigenvalue weighted by Gasteiger charge is 2.30. The molecule has 0 fully saturated rings. The van der Waals surface area contributed by atoms with E-state index >= 15 is 0 Å². The molecule has 1 N–H and O–H groups in total. The van der Waals surface area contributed by atoms with Crippen LogP contribution in [0.4, 0.5) is 4.79 Å². The molecule has 3 aromatic carbocycles. The molecule has 0 saturated carbocycles. The first kappa shape index (κ1) is 21.4. The summed E-state index contributed by atoms with van der Waals surface area (Å²) in [5.74, 6) is -0.544. The summed E-state index contributed by atoms with van der Waals surface area (Å²) in [6.45, 7) is 0.191. The van der Waals surface area contributed by atoms with Crippen LogP contribution >= 0.6 is 22.6 Å². The Labute approximate surface area is 194 Å². The zero-order valence-electron chi connectivity index (χ0n) is 17.0. The molecule has 1 amide bonds. The van der Waals surface area contributed by atoms with Crippen LogP contribution in [0.2, 0.25) is 0 Å². The normalized spacial score (nSPS) is 13.1. The van der Waals surface area contributed by atoms with Gasteiger partial charge in [0.1, 0.15) is 12.6 Å². The second kappa shape index (κ2) is 9.51. The molecule has 1 atom stereocenters. The van der Waals surface area contributed by atoms with E-state index in [0.717, 1.165) is 20.3 Å². The minimum Gasteiger partial charge on any atom is -0.467 e. The maximum Gasteiger partial charge on any atom is 0.407 e. The number of alkyl carbamates (subject to hydrolysis) is 1. The van der Waals surface area contributed by atoms with Crippen molar-refractivity contribution in [1.29, 1.82) is 0 Å². The van der Waals surface area contributed by atoms with Crippen molar-refractivity contribution < 1.29 is 19.1 Å². The van der Waals surface area contributed by atoms with Gasteiger partial charge >= 0.3 is 12.1 Å². The fourth-order valence-electron chi connectivity index (χ4n) is 4.02. The standard InChI is InChI=1S/C25H22INO4/c1-30-24(28)23(14-16-7-6-8-17(26)13-16)27-25(29)31-15-22-20-11-4-2-9-18(20)19-10-3-5-12-21(19)22/h2-13,22-23H,14-15H2,1H3,(H,27,29)/t23-/m0/s1. The first-order chi connectivity index (χ1) is 15.1. The molecule has 0 heterocycles. The van der Waals surface area contributed by atoms with Crippen molar-refractivity contribution in [2.45, 2.75) is 18.4 Å². The summed E-state index contributed by atoms with van der Waals surface area (Å²) in [5.41, 5.74) is 5.54. The number of nitrogens with one attached hydrogen (secondary N) is 1. The van der Waals surface area contributed by atoms with Gasteiger partial charge in [-0.2, -0.15) is 0 Å². The lowest BCUT2D eigenvalue weighted by Gasteiger charge is -2.18. The van der Waals surface area contributed by atoms with E-state index in [2.05, 4.69) is 52.2 Å². The van der Waals surface area contributed by atoms with Gasteiger partial charge in [0.05, 0.1) is 7.11 Å². The van der Waals surface area contributed by atoms with Crippen molar-refractivity contribution in [3.63, 3.8) is 0 Å². The van der Waals surface area contributed by atoms with Crippen LogP contribution in [-0.4, -0.2) is 31.8 Å². The molecule has 6 heteroatoms. The zero-order valence-corrected chi connectivity index (χ0v) is 19.2. The summed E-state index contributed by atoms with van der Waals surface area (Å²) < 4.78 is 11.5. The predicted octanol–water partition coefficient (Wildman–Crippen LogP) is 4.91. The van der Waals surface area contributed by atoms with E-state index in [-0.39, 0.29) is 12.5 Å². The van der Waals surface area contributed by atoms with Crippen LogP contribution in [0.15, 0.2) is 72.8 Å². The third-order valence-corrected chi connectivity index (χ3v) is 6.12. The summed E-state index contributed by atoms with van der Waals surface area (Å²) >= 11 is 2.21. The summed E-state index contributed by atoms with van der Waals surface area (Å²) in [4.78, 5) is 24.8. The molecule has 158 valence electrons. The van der Waals surface area contributed by atoms with E-state index in [1.165, 1.54) is 18.2 Å². The molecule has 31 heavy (non-hydrogen) atoms. The number of carbonyl (C=O) groups is 2. The highest BCUT2D eigenvalue weighted by molar-refractivity contribution is 14.1. The first-order valence-electron chi connectivity index (χ1n) is 10.0. The number of carbonyl (C=O) groups excluding carboxylic acids is 2. The third-order valence-electron chi connectivity index (χ3n) is 5.45. The number of halogens is 1. The molecule has 0 radical (unpaired) electrons. The van der Waals surface area contributed by atoms with E-state index in [9.17, 15) is 9.59 Å². The lowest BCUT2D eigenvalue weighted by atomic mass is 9.98. The molecule has 0 unspecified atom stereocenters.